The summed E-state index contributed by atoms with van der Waals surface area (Å²) in [5, 5.41) is 5.39. The Bertz CT molecular complexity index is 1200. The van der Waals surface area contributed by atoms with Crippen molar-refractivity contribution >= 4 is 35.0 Å². The van der Waals surface area contributed by atoms with E-state index in [0.717, 1.165) is 16.1 Å². The molecule has 0 aliphatic rings. The van der Waals surface area contributed by atoms with Gasteiger partial charge in [-0.1, -0.05) is 66.7 Å². The fourth-order valence-corrected chi connectivity index (χ4v) is 4.27. The smallest absolute Gasteiger partial charge is 0.262 e. The maximum absolute atomic E-state index is 13.1. The molecule has 1 unspecified atom stereocenters. The number of rotatable bonds is 9. The van der Waals surface area contributed by atoms with E-state index in [0.29, 0.717) is 11.4 Å². The third-order valence-electron chi connectivity index (χ3n) is 4.89. The summed E-state index contributed by atoms with van der Waals surface area (Å²) in [7, 11) is 0. The fraction of sp³-hybridized carbons (Fsp3) is 0.0714. The SMILES string of the molecule is O=C(COc1ccccc1)Nc1ccc(SC(C(=O)Nc2ccccc2)c2ccccc2)cc1. The first-order valence-electron chi connectivity index (χ1n) is 10.8. The Labute approximate surface area is 203 Å². The second kappa shape index (κ2) is 11.7. The van der Waals surface area contributed by atoms with Crippen LogP contribution in [0.15, 0.2) is 120 Å². The number of thioether (sulfide) groups is 1. The van der Waals surface area contributed by atoms with E-state index in [9.17, 15) is 9.59 Å². The second-order valence-corrected chi connectivity index (χ2v) is 8.62. The standard InChI is InChI=1S/C28H24N2O3S/c31-26(20-33-24-14-8-3-9-15-24)29-23-16-18-25(19-17-23)34-27(21-10-4-1-5-11-21)28(32)30-22-12-6-2-7-13-22/h1-19,27H,20H2,(H,29,31)(H,30,32). The summed E-state index contributed by atoms with van der Waals surface area (Å²) in [4.78, 5) is 26.2. The summed E-state index contributed by atoms with van der Waals surface area (Å²) >= 11 is 1.45. The predicted octanol–water partition coefficient (Wildman–Crippen LogP) is 6.18. The van der Waals surface area contributed by atoms with Crippen LogP contribution in [-0.2, 0) is 9.59 Å². The van der Waals surface area contributed by atoms with Gasteiger partial charge in [0.2, 0.25) is 5.91 Å². The molecule has 1 atom stereocenters. The molecule has 0 aliphatic carbocycles. The van der Waals surface area contributed by atoms with E-state index in [1.165, 1.54) is 11.8 Å². The average Bonchev–Trinajstić information content (AvgIpc) is 2.89. The van der Waals surface area contributed by atoms with Gasteiger partial charge in [-0.15, -0.1) is 11.8 Å². The summed E-state index contributed by atoms with van der Waals surface area (Å²) in [5.74, 6) is 0.302. The lowest BCUT2D eigenvalue weighted by Gasteiger charge is -2.17. The molecular formula is C28H24N2O3S. The van der Waals surface area contributed by atoms with E-state index in [1.54, 1.807) is 12.1 Å². The lowest BCUT2D eigenvalue weighted by Crippen LogP contribution is -2.20. The predicted molar refractivity (Wildman–Crippen MR) is 137 cm³/mol. The number of nitrogens with one attached hydrogen (secondary N) is 2. The first kappa shape index (κ1) is 23.1. The zero-order valence-electron chi connectivity index (χ0n) is 18.4. The zero-order chi connectivity index (χ0) is 23.6. The van der Waals surface area contributed by atoms with Gasteiger partial charge in [-0.2, -0.15) is 0 Å². The number of carbonyl (C=O) groups is 2. The number of ether oxygens (including phenoxy) is 1. The van der Waals surface area contributed by atoms with Gasteiger partial charge in [0.15, 0.2) is 6.61 Å². The second-order valence-electron chi connectivity index (χ2n) is 7.44. The summed E-state index contributed by atoms with van der Waals surface area (Å²) in [6.07, 6.45) is 0. The van der Waals surface area contributed by atoms with Gasteiger partial charge in [-0.3, -0.25) is 9.59 Å². The van der Waals surface area contributed by atoms with Crippen molar-refractivity contribution < 1.29 is 14.3 Å². The van der Waals surface area contributed by atoms with Crippen LogP contribution >= 0.6 is 11.8 Å². The molecule has 4 aromatic carbocycles. The van der Waals surface area contributed by atoms with Gasteiger partial charge in [0.1, 0.15) is 11.0 Å². The molecule has 5 nitrogen and oxygen atoms in total. The molecule has 2 amide bonds. The van der Waals surface area contributed by atoms with E-state index in [4.69, 9.17) is 4.74 Å². The average molecular weight is 469 g/mol. The van der Waals surface area contributed by atoms with Crippen molar-refractivity contribution in [1.82, 2.24) is 0 Å². The number of hydrogen-bond acceptors (Lipinski definition) is 4. The highest BCUT2D eigenvalue weighted by molar-refractivity contribution is 8.00. The van der Waals surface area contributed by atoms with Crippen molar-refractivity contribution in [2.24, 2.45) is 0 Å². The molecule has 0 heterocycles. The van der Waals surface area contributed by atoms with Crippen LogP contribution < -0.4 is 15.4 Å². The first-order chi connectivity index (χ1) is 16.7. The molecule has 0 bridgehead atoms. The molecule has 0 aliphatic heterocycles. The third kappa shape index (κ3) is 6.73. The Morgan fingerprint density at radius 3 is 1.88 bits per heavy atom. The molecule has 2 N–H and O–H groups in total. The number of carbonyl (C=O) groups excluding carboxylic acids is 2. The Kier molecular flexibility index (Phi) is 7.98. The molecule has 0 fully saturated rings. The molecule has 0 saturated carbocycles. The van der Waals surface area contributed by atoms with Crippen molar-refractivity contribution in [3.8, 4) is 5.75 Å². The van der Waals surface area contributed by atoms with Crippen molar-refractivity contribution in [3.05, 3.63) is 121 Å². The van der Waals surface area contributed by atoms with Crippen LogP contribution in [0.25, 0.3) is 0 Å². The van der Waals surface area contributed by atoms with E-state index < -0.39 is 5.25 Å². The molecule has 0 radical (unpaired) electrons. The molecular weight excluding hydrogens is 444 g/mol. The minimum Gasteiger partial charge on any atom is -0.484 e. The van der Waals surface area contributed by atoms with Crippen molar-refractivity contribution in [2.45, 2.75) is 10.1 Å². The molecule has 0 aromatic heterocycles. The van der Waals surface area contributed by atoms with Gasteiger partial charge in [0.05, 0.1) is 0 Å². The van der Waals surface area contributed by atoms with Gasteiger partial charge in [0.25, 0.3) is 5.91 Å². The van der Waals surface area contributed by atoms with Crippen LogP contribution in [-0.4, -0.2) is 18.4 Å². The molecule has 34 heavy (non-hydrogen) atoms. The van der Waals surface area contributed by atoms with Crippen LogP contribution in [0.2, 0.25) is 0 Å². The number of amides is 2. The molecule has 4 rings (SSSR count). The van der Waals surface area contributed by atoms with Gasteiger partial charge >= 0.3 is 0 Å². The molecule has 0 saturated heterocycles. The zero-order valence-corrected chi connectivity index (χ0v) is 19.2. The lowest BCUT2D eigenvalue weighted by molar-refractivity contribution is -0.118. The summed E-state index contributed by atoms with van der Waals surface area (Å²) in [6, 6.07) is 35.7. The maximum atomic E-state index is 13.1. The first-order valence-corrected chi connectivity index (χ1v) is 11.7. The maximum Gasteiger partial charge on any atom is 0.262 e. The van der Waals surface area contributed by atoms with Gasteiger partial charge in [0, 0.05) is 16.3 Å². The van der Waals surface area contributed by atoms with Crippen molar-refractivity contribution in [3.63, 3.8) is 0 Å². The van der Waals surface area contributed by atoms with Crippen LogP contribution in [0.3, 0.4) is 0 Å². The topological polar surface area (TPSA) is 67.4 Å². The summed E-state index contributed by atoms with van der Waals surface area (Å²) < 4.78 is 5.48. The fourth-order valence-electron chi connectivity index (χ4n) is 3.25. The van der Waals surface area contributed by atoms with Gasteiger partial charge in [-0.05, 0) is 54.1 Å². The van der Waals surface area contributed by atoms with E-state index in [1.807, 2.05) is 103 Å². The van der Waals surface area contributed by atoms with Gasteiger partial charge in [-0.25, -0.2) is 0 Å². The van der Waals surface area contributed by atoms with Crippen LogP contribution in [0.5, 0.6) is 5.75 Å². The van der Waals surface area contributed by atoms with Crippen molar-refractivity contribution in [2.75, 3.05) is 17.2 Å². The van der Waals surface area contributed by atoms with E-state index in [-0.39, 0.29) is 18.4 Å². The monoisotopic (exact) mass is 468 g/mol. The lowest BCUT2D eigenvalue weighted by atomic mass is 10.1. The molecule has 170 valence electrons. The van der Waals surface area contributed by atoms with Crippen LogP contribution in [0.1, 0.15) is 10.8 Å². The number of anilines is 2. The van der Waals surface area contributed by atoms with E-state index >= 15 is 0 Å². The summed E-state index contributed by atoms with van der Waals surface area (Å²) in [6.45, 7) is -0.0732. The molecule has 0 spiro atoms. The Morgan fingerprint density at radius 2 is 1.24 bits per heavy atom. The number of benzene rings is 4. The summed E-state index contributed by atoms with van der Waals surface area (Å²) in [5.41, 5.74) is 2.33. The van der Waals surface area contributed by atoms with Crippen molar-refractivity contribution in [1.29, 1.82) is 0 Å². The minimum absolute atomic E-state index is 0.0732. The van der Waals surface area contributed by atoms with Crippen LogP contribution in [0, 0.1) is 0 Å². The van der Waals surface area contributed by atoms with Crippen LogP contribution in [0.4, 0.5) is 11.4 Å². The highest BCUT2D eigenvalue weighted by Crippen LogP contribution is 2.36. The number of para-hydroxylation sites is 2. The molecule has 4 aromatic rings. The molecule has 6 heteroatoms. The highest BCUT2D eigenvalue weighted by atomic mass is 32.2. The Morgan fingerprint density at radius 1 is 0.676 bits per heavy atom. The number of hydrogen-bond donors (Lipinski definition) is 2. The normalized spacial score (nSPS) is 11.3. The van der Waals surface area contributed by atoms with E-state index in [2.05, 4.69) is 10.6 Å². The Hall–Kier alpha value is -4.03. The highest BCUT2D eigenvalue weighted by Gasteiger charge is 2.22. The Balaban J connectivity index is 1.39. The van der Waals surface area contributed by atoms with Gasteiger partial charge < -0.3 is 15.4 Å². The quantitative estimate of drug-likeness (QED) is 0.288. The third-order valence-corrected chi connectivity index (χ3v) is 6.15. The minimum atomic E-state index is -0.430. The largest absolute Gasteiger partial charge is 0.484 e.